The van der Waals surface area contributed by atoms with Gasteiger partial charge in [0.2, 0.25) is 5.95 Å². The lowest BCUT2D eigenvalue weighted by molar-refractivity contribution is -0.142. The first-order valence-electron chi connectivity index (χ1n) is 8.16. The number of nitrogens with zero attached hydrogens (tertiary/aromatic N) is 3. The summed E-state index contributed by atoms with van der Waals surface area (Å²) in [6.07, 6.45) is 2.20. The number of alkyl carbamates (subject to hydrolysis) is 1. The van der Waals surface area contributed by atoms with Gasteiger partial charge in [0.1, 0.15) is 6.04 Å². The van der Waals surface area contributed by atoms with Crippen molar-refractivity contribution in [3.05, 3.63) is 48.8 Å². The van der Waals surface area contributed by atoms with E-state index in [4.69, 9.17) is 9.47 Å². The molecule has 0 saturated carbocycles. The van der Waals surface area contributed by atoms with Crippen LogP contribution >= 0.6 is 0 Å². The van der Waals surface area contributed by atoms with E-state index >= 15 is 0 Å². The minimum atomic E-state index is -0.963. The van der Waals surface area contributed by atoms with E-state index in [0.29, 0.717) is 5.95 Å². The van der Waals surface area contributed by atoms with Gasteiger partial charge in [-0.25, -0.2) is 19.6 Å². The first kappa shape index (κ1) is 19.2. The van der Waals surface area contributed by atoms with E-state index in [-0.39, 0.29) is 12.6 Å². The number of para-hydroxylation sites is 1. The standard InChI is InChI=1S/C18H22N4O4/c1-13(2)26-18(24)21-15(16(23)25-3)12-22(14-8-5-4-6-9-14)17-19-10-7-11-20-17/h4-11,13,15H,12H2,1-3H3,(H,21,24). The van der Waals surface area contributed by atoms with Gasteiger partial charge in [0.05, 0.1) is 19.8 Å². The SMILES string of the molecule is COC(=O)C(CN(c1ccccc1)c1ncccn1)NC(=O)OC(C)C. The molecular formula is C18H22N4O4. The number of esters is 1. The Balaban J connectivity index is 2.27. The zero-order valence-electron chi connectivity index (χ0n) is 15.0. The number of hydrogen-bond acceptors (Lipinski definition) is 7. The third kappa shape index (κ3) is 5.44. The second kappa shape index (κ2) is 9.36. The molecule has 0 aliphatic carbocycles. The molecule has 0 saturated heterocycles. The second-order valence-corrected chi connectivity index (χ2v) is 5.67. The van der Waals surface area contributed by atoms with Crippen LogP contribution in [0.1, 0.15) is 13.8 Å². The summed E-state index contributed by atoms with van der Waals surface area (Å²) in [7, 11) is 1.26. The van der Waals surface area contributed by atoms with Crippen LogP contribution in [-0.2, 0) is 14.3 Å². The minimum Gasteiger partial charge on any atom is -0.467 e. The molecule has 0 bridgehead atoms. The number of amides is 1. The quantitative estimate of drug-likeness (QED) is 0.759. The molecule has 1 N–H and O–H groups in total. The number of ether oxygens (including phenoxy) is 2. The first-order chi connectivity index (χ1) is 12.5. The van der Waals surface area contributed by atoms with Crippen LogP contribution in [0, 0.1) is 0 Å². The molecule has 0 aliphatic heterocycles. The fraction of sp³-hybridized carbons (Fsp3) is 0.333. The van der Waals surface area contributed by atoms with Crippen LogP contribution in [0.25, 0.3) is 0 Å². The summed E-state index contributed by atoms with van der Waals surface area (Å²) in [5.41, 5.74) is 0.770. The normalized spacial score (nSPS) is 11.5. The summed E-state index contributed by atoms with van der Waals surface area (Å²) in [6.45, 7) is 3.52. The molecule has 8 heteroatoms. The average Bonchev–Trinajstić information content (AvgIpc) is 2.65. The van der Waals surface area contributed by atoms with Gasteiger partial charge in [-0.1, -0.05) is 18.2 Å². The van der Waals surface area contributed by atoms with Gasteiger partial charge in [0, 0.05) is 18.1 Å². The van der Waals surface area contributed by atoms with Crippen molar-refractivity contribution in [1.82, 2.24) is 15.3 Å². The Morgan fingerprint density at radius 3 is 2.35 bits per heavy atom. The number of benzene rings is 1. The lowest BCUT2D eigenvalue weighted by Gasteiger charge is -2.27. The van der Waals surface area contributed by atoms with Crippen molar-refractivity contribution in [3.63, 3.8) is 0 Å². The Bertz CT molecular complexity index is 670. The highest BCUT2D eigenvalue weighted by Crippen LogP contribution is 2.21. The third-order valence-electron chi connectivity index (χ3n) is 3.35. The number of nitrogens with one attached hydrogen (secondary N) is 1. The molecule has 0 radical (unpaired) electrons. The average molecular weight is 358 g/mol. The molecule has 138 valence electrons. The van der Waals surface area contributed by atoms with Crippen molar-refractivity contribution in [3.8, 4) is 0 Å². The number of aromatic nitrogens is 2. The Morgan fingerprint density at radius 1 is 1.12 bits per heavy atom. The third-order valence-corrected chi connectivity index (χ3v) is 3.35. The number of anilines is 2. The number of rotatable bonds is 7. The predicted octanol–water partition coefficient (Wildman–Crippen LogP) is 2.29. The molecule has 1 amide bonds. The summed E-state index contributed by atoms with van der Waals surface area (Å²) < 4.78 is 9.87. The van der Waals surface area contributed by atoms with Crippen molar-refractivity contribution in [1.29, 1.82) is 0 Å². The van der Waals surface area contributed by atoms with Gasteiger partial charge < -0.3 is 19.7 Å². The van der Waals surface area contributed by atoms with Crippen molar-refractivity contribution in [2.45, 2.75) is 26.0 Å². The van der Waals surface area contributed by atoms with Gasteiger partial charge >= 0.3 is 12.1 Å². The van der Waals surface area contributed by atoms with E-state index in [1.54, 1.807) is 37.2 Å². The predicted molar refractivity (Wildman–Crippen MR) is 96.0 cm³/mol. The molecule has 1 unspecified atom stereocenters. The largest absolute Gasteiger partial charge is 0.467 e. The van der Waals surface area contributed by atoms with E-state index in [2.05, 4.69) is 15.3 Å². The van der Waals surface area contributed by atoms with Crippen LogP contribution < -0.4 is 10.2 Å². The van der Waals surface area contributed by atoms with Crippen molar-refractivity contribution in [2.75, 3.05) is 18.6 Å². The summed E-state index contributed by atoms with van der Waals surface area (Å²) in [5, 5.41) is 2.54. The van der Waals surface area contributed by atoms with Crippen LogP contribution in [0.4, 0.5) is 16.4 Å². The first-order valence-corrected chi connectivity index (χ1v) is 8.16. The number of hydrogen-bond donors (Lipinski definition) is 1. The molecule has 2 aromatic rings. The Morgan fingerprint density at radius 2 is 1.77 bits per heavy atom. The van der Waals surface area contributed by atoms with Gasteiger partial charge in [0.15, 0.2) is 0 Å². The van der Waals surface area contributed by atoms with Crippen LogP contribution in [-0.4, -0.2) is 47.8 Å². The van der Waals surface area contributed by atoms with Crippen molar-refractivity contribution in [2.24, 2.45) is 0 Å². The molecule has 1 aromatic heterocycles. The fourth-order valence-electron chi connectivity index (χ4n) is 2.24. The Labute approximate surface area is 152 Å². The number of methoxy groups -OCH3 is 1. The van der Waals surface area contributed by atoms with Crippen LogP contribution in [0.15, 0.2) is 48.8 Å². The van der Waals surface area contributed by atoms with Crippen molar-refractivity contribution < 1.29 is 19.1 Å². The lowest BCUT2D eigenvalue weighted by atomic mass is 10.2. The van der Waals surface area contributed by atoms with Crippen LogP contribution in [0.3, 0.4) is 0 Å². The molecule has 0 fully saturated rings. The van der Waals surface area contributed by atoms with Gasteiger partial charge in [-0.2, -0.15) is 0 Å². The molecule has 2 rings (SSSR count). The molecule has 0 aliphatic rings. The maximum atomic E-state index is 12.2. The lowest BCUT2D eigenvalue weighted by Crippen LogP contribution is -2.49. The maximum Gasteiger partial charge on any atom is 0.408 e. The highest BCUT2D eigenvalue weighted by Gasteiger charge is 2.27. The fourth-order valence-corrected chi connectivity index (χ4v) is 2.24. The van der Waals surface area contributed by atoms with E-state index < -0.39 is 18.1 Å². The second-order valence-electron chi connectivity index (χ2n) is 5.67. The Hall–Kier alpha value is -3.16. The number of carbonyl (C=O) groups is 2. The monoisotopic (exact) mass is 358 g/mol. The summed E-state index contributed by atoms with van der Waals surface area (Å²) >= 11 is 0. The van der Waals surface area contributed by atoms with E-state index in [1.165, 1.54) is 7.11 Å². The van der Waals surface area contributed by atoms with Gasteiger partial charge in [-0.05, 0) is 32.0 Å². The van der Waals surface area contributed by atoms with Crippen molar-refractivity contribution >= 4 is 23.7 Å². The van der Waals surface area contributed by atoms with E-state index in [9.17, 15) is 9.59 Å². The highest BCUT2D eigenvalue weighted by atomic mass is 16.6. The molecule has 8 nitrogen and oxygen atoms in total. The van der Waals surface area contributed by atoms with Crippen LogP contribution in [0.5, 0.6) is 0 Å². The van der Waals surface area contributed by atoms with E-state index in [0.717, 1.165) is 5.69 Å². The van der Waals surface area contributed by atoms with Gasteiger partial charge in [0.25, 0.3) is 0 Å². The van der Waals surface area contributed by atoms with Crippen LogP contribution in [0.2, 0.25) is 0 Å². The Kier molecular flexibility index (Phi) is 6.90. The molecule has 1 heterocycles. The van der Waals surface area contributed by atoms with E-state index in [1.807, 2.05) is 30.3 Å². The smallest absolute Gasteiger partial charge is 0.408 e. The molecule has 26 heavy (non-hydrogen) atoms. The summed E-state index contributed by atoms with van der Waals surface area (Å²) in [4.78, 5) is 34.3. The summed E-state index contributed by atoms with van der Waals surface area (Å²) in [5.74, 6) is -0.200. The highest BCUT2D eigenvalue weighted by molar-refractivity contribution is 5.82. The zero-order valence-corrected chi connectivity index (χ0v) is 15.0. The minimum absolute atomic E-state index is 0.0773. The molecule has 0 spiro atoms. The zero-order chi connectivity index (χ0) is 18.9. The number of carbonyl (C=O) groups excluding carboxylic acids is 2. The summed E-state index contributed by atoms with van der Waals surface area (Å²) in [6, 6.07) is 10.0. The topological polar surface area (TPSA) is 93.6 Å². The van der Waals surface area contributed by atoms with Gasteiger partial charge in [-0.3, -0.25) is 0 Å². The maximum absolute atomic E-state index is 12.2. The molecular weight excluding hydrogens is 336 g/mol. The molecule has 1 atom stereocenters. The molecule has 1 aromatic carbocycles. The van der Waals surface area contributed by atoms with Gasteiger partial charge in [-0.15, -0.1) is 0 Å².